The predicted molar refractivity (Wildman–Crippen MR) is 207 cm³/mol. The Hall–Kier alpha value is -6.11. The minimum Gasteiger partial charge on any atom is -0.468 e. The van der Waals surface area contributed by atoms with E-state index in [0.29, 0.717) is 13.0 Å². The first-order chi connectivity index (χ1) is 26.3. The summed E-state index contributed by atoms with van der Waals surface area (Å²) in [5, 5.41) is 6.67. The summed E-state index contributed by atoms with van der Waals surface area (Å²) in [5.74, 6) is -0.789. The predicted octanol–water partition coefficient (Wildman–Crippen LogP) is 4.66. The molecule has 0 unspecified atom stereocenters. The van der Waals surface area contributed by atoms with Gasteiger partial charge in [0.25, 0.3) is 0 Å². The van der Waals surface area contributed by atoms with E-state index >= 15 is 0 Å². The molecule has 6 rings (SSSR count). The van der Waals surface area contributed by atoms with Crippen molar-refractivity contribution in [2.24, 2.45) is 0 Å². The molecule has 0 aliphatic carbocycles. The minimum atomic E-state index is -0.727. The number of nitrogens with zero attached hydrogens (tertiary/aromatic N) is 5. The van der Waals surface area contributed by atoms with Crippen molar-refractivity contribution >= 4 is 17.6 Å². The number of benzene rings is 3. The molecule has 0 saturated carbocycles. The summed E-state index contributed by atoms with van der Waals surface area (Å²) in [5.41, 5.74) is 6.39. The van der Waals surface area contributed by atoms with Gasteiger partial charge in [0.1, 0.15) is 17.6 Å². The standard InChI is InChI=1S/C42H46N8O4/c1-49(2)37-20-34(25-44-38(40(51)53-3)22-33-24-43-28-46-33)48-35(21-37)26-45-39(41(52)54-4)23-36-27-50(29-47-36)42(30-14-8-5-9-15-30,31-16-10-6-11-17-31)32-18-12-7-13-19-32/h5-21,24,27-29,38-39,44-45H,22-23,25-26H2,1-4H3,(H,43,46)/t38-,39-/m0/s1. The van der Waals surface area contributed by atoms with Crippen molar-refractivity contribution in [3.63, 3.8) is 0 Å². The monoisotopic (exact) mass is 726 g/mol. The summed E-state index contributed by atoms with van der Waals surface area (Å²) >= 11 is 0. The number of ether oxygens (including phenoxy) is 2. The Morgan fingerprint density at radius 2 is 1.26 bits per heavy atom. The number of imidazole rings is 2. The van der Waals surface area contributed by atoms with Crippen molar-refractivity contribution in [3.8, 4) is 0 Å². The molecule has 54 heavy (non-hydrogen) atoms. The number of anilines is 1. The van der Waals surface area contributed by atoms with Crippen LogP contribution in [0.25, 0.3) is 0 Å². The summed E-state index contributed by atoms with van der Waals surface area (Å²) in [7, 11) is 6.66. The van der Waals surface area contributed by atoms with Crippen LogP contribution in [0.2, 0.25) is 0 Å². The largest absolute Gasteiger partial charge is 0.468 e. The van der Waals surface area contributed by atoms with Crippen molar-refractivity contribution in [2.75, 3.05) is 33.2 Å². The number of pyridine rings is 1. The molecule has 0 spiro atoms. The van der Waals surface area contributed by atoms with Crippen LogP contribution in [0.1, 0.15) is 39.5 Å². The summed E-state index contributed by atoms with van der Waals surface area (Å²) in [4.78, 5) is 44.6. The first-order valence-electron chi connectivity index (χ1n) is 17.8. The lowest BCUT2D eigenvalue weighted by molar-refractivity contribution is -0.144. The number of aromatic nitrogens is 5. The van der Waals surface area contributed by atoms with E-state index in [-0.39, 0.29) is 18.9 Å². The third-order valence-electron chi connectivity index (χ3n) is 9.45. The van der Waals surface area contributed by atoms with E-state index in [9.17, 15) is 9.59 Å². The highest BCUT2D eigenvalue weighted by Gasteiger charge is 2.38. The van der Waals surface area contributed by atoms with E-state index in [1.165, 1.54) is 14.2 Å². The fourth-order valence-corrected chi connectivity index (χ4v) is 6.75. The molecule has 3 N–H and O–H groups in total. The number of H-pyrrole nitrogens is 1. The van der Waals surface area contributed by atoms with Gasteiger partial charge in [-0.05, 0) is 28.8 Å². The Labute approximate surface area is 315 Å². The number of rotatable bonds is 17. The lowest BCUT2D eigenvalue weighted by atomic mass is 9.77. The number of hydrogen-bond donors (Lipinski definition) is 3. The molecule has 3 heterocycles. The summed E-state index contributed by atoms with van der Waals surface area (Å²) in [6.45, 7) is 0.595. The van der Waals surface area contributed by atoms with Gasteiger partial charge in [0.15, 0.2) is 0 Å². The first-order valence-corrected chi connectivity index (χ1v) is 17.8. The maximum absolute atomic E-state index is 13.2. The van der Waals surface area contributed by atoms with Crippen LogP contribution in [0.15, 0.2) is 128 Å². The van der Waals surface area contributed by atoms with Crippen LogP contribution in [-0.2, 0) is 50.5 Å². The zero-order valence-electron chi connectivity index (χ0n) is 31.0. The molecule has 0 saturated heterocycles. The smallest absolute Gasteiger partial charge is 0.323 e. The molecule has 3 aromatic carbocycles. The second-order valence-electron chi connectivity index (χ2n) is 13.2. The van der Waals surface area contributed by atoms with Crippen LogP contribution in [0.3, 0.4) is 0 Å². The zero-order chi connectivity index (χ0) is 37.9. The molecule has 12 nitrogen and oxygen atoms in total. The van der Waals surface area contributed by atoms with Gasteiger partial charge in [-0.3, -0.25) is 25.2 Å². The molecular weight excluding hydrogens is 681 g/mol. The Kier molecular flexibility index (Phi) is 12.3. The van der Waals surface area contributed by atoms with Gasteiger partial charge in [0, 0.05) is 63.8 Å². The number of esters is 2. The van der Waals surface area contributed by atoms with E-state index in [2.05, 4.69) is 61.6 Å². The van der Waals surface area contributed by atoms with Crippen molar-refractivity contribution in [2.45, 2.75) is 43.6 Å². The average molecular weight is 727 g/mol. The highest BCUT2D eigenvalue weighted by atomic mass is 16.5. The van der Waals surface area contributed by atoms with Gasteiger partial charge in [0.2, 0.25) is 0 Å². The molecule has 2 atom stereocenters. The van der Waals surface area contributed by atoms with Crippen LogP contribution in [-0.4, -0.2) is 76.8 Å². The Bertz CT molecular complexity index is 1990. The maximum atomic E-state index is 13.2. The highest BCUT2D eigenvalue weighted by molar-refractivity contribution is 5.76. The fraction of sp³-hybridized carbons (Fsp3) is 0.262. The number of carbonyl (C=O) groups excluding carboxylic acids is 2. The number of aromatic amines is 1. The van der Waals surface area contributed by atoms with Gasteiger partial charge >= 0.3 is 11.9 Å². The maximum Gasteiger partial charge on any atom is 0.323 e. The number of hydrogen-bond acceptors (Lipinski definition) is 10. The molecule has 6 aromatic rings. The molecule has 0 radical (unpaired) electrons. The van der Waals surface area contributed by atoms with Gasteiger partial charge < -0.3 is 23.9 Å². The molecule has 0 aliphatic heterocycles. The second-order valence-corrected chi connectivity index (χ2v) is 13.2. The minimum absolute atomic E-state index is 0.282. The summed E-state index contributed by atoms with van der Waals surface area (Å²) in [6.07, 6.45) is 7.77. The Morgan fingerprint density at radius 1 is 0.759 bits per heavy atom. The summed E-state index contributed by atoms with van der Waals surface area (Å²) < 4.78 is 12.4. The van der Waals surface area contributed by atoms with Crippen molar-refractivity contribution in [1.29, 1.82) is 0 Å². The normalized spacial score (nSPS) is 12.5. The molecular formula is C42H46N8O4. The SMILES string of the molecule is COC(=O)[C@H](Cc1cn(C(c2ccccc2)(c2ccccc2)c2ccccc2)cn1)NCc1cc(N(C)C)cc(CN[C@@H](Cc2cnc[nH]2)C(=O)OC)n1. The number of methoxy groups -OCH3 is 2. The molecule has 0 aliphatic rings. The summed E-state index contributed by atoms with van der Waals surface area (Å²) in [6, 6.07) is 33.7. The number of nitrogens with one attached hydrogen (secondary N) is 3. The van der Waals surface area contributed by atoms with E-state index in [1.807, 2.05) is 98.2 Å². The third-order valence-corrected chi connectivity index (χ3v) is 9.45. The van der Waals surface area contributed by atoms with Crippen molar-refractivity contribution in [3.05, 3.63) is 168 Å². The van der Waals surface area contributed by atoms with Crippen molar-refractivity contribution < 1.29 is 19.1 Å². The van der Waals surface area contributed by atoms with Gasteiger partial charge in [-0.25, -0.2) is 9.97 Å². The second kappa shape index (κ2) is 17.6. The average Bonchev–Trinajstić information content (AvgIpc) is 3.92. The van der Waals surface area contributed by atoms with E-state index in [4.69, 9.17) is 19.4 Å². The highest BCUT2D eigenvalue weighted by Crippen LogP contribution is 2.40. The van der Waals surface area contributed by atoms with Gasteiger partial charge in [-0.2, -0.15) is 0 Å². The topological polar surface area (TPSA) is 139 Å². The van der Waals surface area contributed by atoms with Crippen LogP contribution in [0.5, 0.6) is 0 Å². The molecule has 0 bridgehead atoms. The molecule has 3 aromatic heterocycles. The van der Waals surface area contributed by atoms with Crippen molar-refractivity contribution in [1.82, 2.24) is 35.1 Å². The quantitative estimate of drug-likeness (QED) is 0.0899. The lowest BCUT2D eigenvalue weighted by Crippen LogP contribution is -2.40. The first kappa shape index (κ1) is 37.6. The van der Waals surface area contributed by atoms with E-state index < -0.39 is 23.6 Å². The molecule has 0 amide bonds. The van der Waals surface area contributed by atoms with Crippen LogP contribution >= 0.6 is 0 Å². The van der Waals surface area contributed by atoms with E-state index in [0.717, 1.165) is 45.2 Å². The van der Waals surface area contributed by atoms with Crippen LogP contribution < -0.4 is 15.5 Å². The zero-order valence-corrected chi connectivity index (χ0v) is 31.0. The number of carbonyl (C=O) groups is 2. The van der Waals surface area contributed by atoms with Gasteiger partial charge in [-0.1, -0.05) is 91.0 Å². The Balaban J connectivity index is 1.25. The Morgan fingerprint density at radius 3 is 1.70 bits per heavy atom. The van der Waals surface area contributed by atoms with Crippen LogP contribution in [0, 0.1) is 0 Å². The van der Waals surface area contributed by atoms with E-state index in [1.54, 1.807) is 12.5 Å². The molecule has 278 valence electrons. The van der Waals surface area contributed by atoms with Gasteiger partial charge in [0.05, 0.1) is 44.0 Å². The third kappa shape index (κ3) is 8.57. The van der Waals surface area contributed by atoms with Crippen LogP contribution in [0.4, 0.5) is 5.69 Å². The van der Waals surface area contributed by atoms with Gasteiger partial charge in [-0.15, -0.1) is 0 Å². The lowest BCUT2D eigenvalue weighted by Gasteiger charge is -2.37. The fourth-order valence-electron chi connectivity index (χ4n) is 6.75. The molecule has 12 heteroatoms. The molecule has 0 fully saturated rings.